The van der Waals surface area contributed by atoms with Gasteiger partial charge in [-0.1, -0.05) is 30.3 Å². The summed E-state index contributed by atoms with van der Waals surface area (Å²) >= 11 is 1.46. The average molecular weight is 285 g/mol. The predicted octanol–water partition coefficient (Wildman–Crippen LogP) is 3.18. The number of hydrogen-bond donors (Lipinski definition) is 2. The summed E-state index contributed by atoms with van der Waals surface area (Å²) in [6.45, 7) is 0.123. The van der Waals surface area contributed by atoms with Gasteiger partial charge in [-0.05, 0) is 29.9 Å². The number of benzene rings is 1. The molecule has 0 saturated carbocycles. The highest BCUT2D eigenvalue weighted by Gasteiger charge is 2.13. The van der Waals surface area contributed by atoms with E-state index in [1.165, 1.54) is 11.3 Å². The highest BCUT2D eigenvalue weighted by molar-refractivity contribution is 7.17. The van der Waals surface area contributed by atoms with E-state index in [1.54, 1.807) is 0 Å². The smallest absolute Gasteiger partial charge is 0.266 e. The first-order valence-electron chi connectivity index (χ1n) is 6.60. The van der Waals surface area contributed by atoms with Gasteiger partial charge in [-0.15, -0.1) is 11.3 Å². The number of nitrogens with one attached hydrogen (secondary N) is 1. The van der Waals surface area contributed by atoms with Crippen LogP contribution < -0.4 is 5.56 Å². The molecule has 1 aromatic carbocycles. The summed E-state index contributed by atoms with van der Waals surface area (Å²) in [5.74, 6) is 0. The number of aromatic amines is 1. The van der Waals surface area contributed by atoms with Gasteiger partial charge in [0.15, 0.2) is 0 Å². The summed E-state index contributed by atoms with van der Waals surface area (Å²) in [6.07, 6.45) is 1.31. The fourth-order valence-electron chi connectivity index (χ4n) is 2.48. The number of aromatic nitrogens is 1. The molecule has 0 saturated heterocycles. The van der Waals surface area contributed by atoms with Gasteiger partial charge < -0.3 is 10.1 Å². The van der Waals surface area contributed by atoms with E-state index in [9.17, 15) is 4.79 Å². The van der Waals surface area contributed by atoms with Crippen molar-refractivity contribution >= 4 is 21.4 Å². The van der Waals surface area contributed by atoms with Gasteiger partial charge in [0.05, 0.1) is 0 Å². The Morgan fingerprint density at radius 1 is 1.15 bits per heavy atom. The van der Waals surface area contributed by atoms with Gasteiger partial charge in [0.25, 0.3) is 5.56 Å². The van der Waals surface area contributed by atoms with Crippen molar-refractivity contribution in [3.8, 4) is 11.1 Å². The quantitative estimate of drug-likeness (QED) is 0.773. The van der Waals surface area contributed by atoms with Crippen LogP contribution in [-0.4, -0.2) is 16.7 Å². The molecule has 0 atom stereocenters. The van der Waals surface area contributed by atoms with Gasteiger partial charge in [-0.3, -0.25) is 4.79 Å². The van der Waals surface area contributed by atoms with Crippen LogP contribution in [0.15, 0.2) is 46.6 Å². The number of pyridine rings is 1. The lowest BCUT2D eigenvalue weighted by Crippen LogP contribution is -2.10. The zero-order chi connectivity index (χ0) is 13.9. The van der Waals surface area contributed by atoms with Crippen LogP contribution in [0.4, 0.5) is 0 Å². The predicted molar refractivity (Wildman–Crippen MR) is 83.3 cm³/mol. The Morgan fingerprint density at radius 3 is 2.70 bits per heavy atom. The summed E-state index contributed by atoms with van der Waals surface area (Å²) in [7, 11) is 0. The van der Waals surface area contributed by atoms with Crippen LogP contribution in [0.25, 0.3) is 21.2 Å². The average Bonchev–Trinajstić information content (AvgIpc) is 2.96. The number of hydrogen-bond acceptors (Lipinski definition) is 3. The molecule has 0 aliphatic rings. The first-order valence-corrected chi connectivity index (χ1v) is 7.48. The van der Waals surface area contributed by atoms with E-state index in [-0.39, 0.29) is 12.2 Å². The molecule has 0 radical (unpaired) electrons. The summed E-state index contributed by atoms with van der Waals surface area (Å²) in [5.41, 5.74) is 3.04. The number of rotatable bonds is 4. The van der Waals surface area contributed by atoms with E-state index in [4.69, 9.17) is 5.11 Å². The van der Waals surface area contributed by atoms with Crippen LogP contribution >= 0.6 is 11.3 Å². The van der Waals surface area contributed by atoms with Crippen molar-refractivity contribution in [3.63, 3.8) is 0 Å². The number of aliphatic hydroxyl groups excluding tert-OH is 1. The highest BCUT2D eigenvalue weighted by Crippen LogP contribution is 2.32. The van der Waals surface area contributed by atoms with E-state index >= 15 is 0 Å². The topological polar surface area (TPSA) is 53.1 Å². The summed E-state index contributed by atoms with van der Waals surface area (Å²) in [6, 6.07) is 12.1. The van der Waals surface area contributed by atoms with E-state index in [2.05, 4.69) is 4.98 Å². The van der Waals surface area contributed by atoms with Crippen molar-refractivity contribution in [3.05, 3.63) is 57.8 Å². The SMILES string of the molecule is O=c1[nH]c(CCCO)c(-c2ccccc2)c2ccsc12. The molecule has 2 heterocycles. The van der Waals surface area contributed by atoms with Gasteiger partial charge in [-0.25, -0.2) is 0 Å². The molecule has 3 nitrogen and oxygen atoms in total. The number of H-pyrrole nitrogens is 1. The second-order valence-electron chi connectivity index (χ2n) is 4.66. The highest BCUT2D eigenvalue weighted by atomic mass is 32.1. The molecule has 20 heavy (non-hydrogen) atoms. The van der Waals surface area contributed by atoms with Crippen molar-refractivity contribution in [1.29, 1.82) is 0 Å². The third-order valence-electron chi connectivity index (χ3n) is 3.35. The number of aliphatic hydroxyl groups is 1. The normalized spacial score (nSPS) is 11.1. The van der Waals surface area contributed by atoms with Crippen LogP contribution in [0.3, 0.4) is 0 Å². The Kier molecular flexibility index (Phi) is 3.67. The fraction of sp³-hybridized carbons (Fsp3) is 0.188. The fourth-order valence-corrected chi connectivity index (χ4v) is 3.27. The zero-order valence-electron chi connectivity index (χ0n) is 10.9. The molecule has 0 spiro atoms. The lowest BCUT2D eigenvalue weighted by molar-refractivity contribution is 0.288. The third-order valence-corrected chi connectivity index (χ3v) is 4.27. The summed E-state index contributed by atoms with van der Waals surface area (Å²) < 4.78 is 0.761. The van der Waals surface area contributed by atoms with Crippen molar-refractivity contribution in [2.24, 2.45) is 0 Å². The van der Waals surface area contributed by atoms with Gasteiger partial charge in [0.1, 0.15) is 4.70 Å². The van der Waals surface area contributed by atoms with Gasteiger partial charge >= 0.3 is 0 Å². The molecule has 0 aliphatic heterocycles. The van der Waals surface area contributed by atoms with Gasteiger partial charge in [0, 0.05) is 23.3 Å². The maximum Gasteiger partial charge on any atom is 0.266 e. The van der Waals surface area contributed by atoms with Crippen LogP contribution in [0.5, 0.6) is 0 Å². The Labute approximate surface area is 120 Å². The minimum Gasteiger partial charge on any atom is -0.396 e. The molecule has 0 aliphatic carbocycles. The molecule has 3 aromatic rings. The number of thiophene rings is 1. The number of aryl methyl sites for hydroxylation is 1. The minimum atomic E-state index is -0.0392. The van der Waals surface area contributed by atoms with E-state index in [1.807, 2.05) is 41.8 Å². The largest absolute Gasteiger partial charge is 0.396 e. The van der Waals surface area contributed by atoms with Gasteiger partial charge in [-0.2, -0.15) is 0 Å². The monoisotopic (exact) mass is 285 g/mol. The lowest BCUT2D eigenvalue weighted by Gasteiger charge is -2.11. The Balaban J connectivity index is 2.28. The van der Waals surface area contributed by atoms with E-state index in [0.29, 0.717) is 12.8 Å². The zero-order valence-corrected chi connectivity index (χ0v) is 11.7. The molecular weight excluding hydrogens is 270 g/mol. The van der Waals surface area contributed by atoms with Crippen LogP contribution in [0, 0.1) is 0 Å². The van der Waals surface area contributed by atoms with Crippen LogP contribution in [-0.2, 0) is 6.42 Å². The lowest BCUT2D eigenvalue weighted by atomic mass is 9.98. The van der Waals surface area contributed by atoms with E-state index in [0.717, 1.165) is 26.9 Å². The second kappa shape index (κ2) is 5.61. The summed E-state index contributed by atoms with van der Waals surface area (Å²) in [4.78, 5) is 15.1. The molecule has 2 aromatic heterocycles. The van der Waals surface area contributed by atoms with Crippen LogP contribution in [0.1, 0.15) is 12.1 Å². The molecule has 0 fully saturated rings. The van der Waals surface area contributed by atoms with E-state index < -0.39 is 0 Å². The molecule has 4 heteroatoms. The summed E-state index contributed by atoms with van der Waals surface area (Å²) in [5, 5.41) is 12.0. The van der Waals surface area contributed by atoms with Crippen molar-refractivity contribution in [2.75, 3.05) is 6.61 Å². The third kappa shape index (κ3) is 2.28. The maximum absolute atomic E-state index is 12.1. The number of fused-ring (bicyclic) bond motifs is 1. The molecule has 102 valence electrons. The van der Waals surface area contributed by atoms with Crippen LogP contribution in [0.2, 0.25) is 0 Å². The Hall–Kier alpha value is -1.91. The molecule has 0 bridgehead atoms. The van der Waals surface area contributed by atoms with Gasteiger partial charge in [0.2, 0.25) is 0 Å². The Morgan fingerprint density at radius 2 is 1.95 bits per heavy atom. The second-order valence-corrected chi connectivity index (χ2v) is 5.58. The molecule has 2 N–H and O–H groups in total. The molecule has 0 amide bonds. The van der Waals surface area contributed by atoms with Crippen molar-refractivity contribution in [1.82, 2.24) is 4.98 Å². The first kappa shape index (κ1) is 13.1. The standard InChI is InChI=1S/C16H15NO2S/c18-9-4-7-13-14(11-5-2-1-3-6-11)12-8-10-20-15(12)16(19)17-13/h1-3,5-6,8,10,18H,4,7,9H2,(H,17,19). The minimum absolute atomic E-state index is 0.0392. The van der Waals surface area contributed by atoms with Crippen molar-refractivity contribution < 1.29 is 5.11 Å². The molecular formula is C16H15NO2S. The molecule has 3 rings (SSSR count). The van der Waals surface area contributed by atoms with Crippen molar-refractivity contribution in [2.45, 2.75) is 12.8 Å². The Bertz CT molecular complexity index is 774. The molecule has 0 unspecified atom stereocenters. The first-order chi connectivity index (χ1) is 9.81. The maximum atomic E-state index is 12.1.